The minimum Gasteiger partial charge on any atom is -0.489 e. The summed E-state index contributed by atoms with van der Waals surface area (Å²) in [6, 6.07) is 16.0. The van der Waals surface area contributed by atoms with Crippen LogP contribution in [0.1, 0.15) is 23.6 Å². The number of carboxylic acid groups (broad SMARTS) is 1. The molecule has 0 bridgehead atoms. The highest BCUT2D eigenvalue weighted by Crippen LogP contribution is 2.44. The van der Waals surface area contributed by atoms with Crippen molar-refractivity contribution in [3.8, 4) is 5.75 Å². The monoisotopic (exact) mass is 410 g/mol. The molecule has 4 rings (SSSR count). The van der Waals surface area contributed by atoms with Crippen LogP contribution in [0.4, 0.5) is 5.69 Å². The smallest absolute Gasteiger partial charge is 0.305 e. The van der Waals surface area contributed by atoms with Crippen LogP contribution in [0, 0.1) is 0 Å². The van der Waals surface area contributed by atoms with Crippen LogP contribution in [-0.4, -0.2) is 24.5 Å². The van der Waals surface area contributed by atoms with Gasteiger partial charge in [0.05, 0.1) is 23.0 Å². The minimum atomic E-state index is -3.84. The van der Waals surface area contributed by atoms with Gasteiger partial charge in [-0.25, -0.2) is 8.42 Å². The third-order valence-electron chi connectivity index (χ3n) is 4.69. The van der Waals surface area contributed by atoms with E-state index in [9.17, 15) is 18.3 Å². The zero-order chi connectivity index (χ0) is 20.4. The number of carbonyl (C=O) groups is 1. The quantitative estimate of drug-likeness (QED) is 0.669. The number of aliphatic carboxylic acids is 1. The standard InChI is InChI=1S/C21H18N2O5S/c24-21(25)12-19-18-5-1-2-6-20(18)29(26,27)23(19)16-7-9-17(10-8-16)28-14-15-4-3-11-22-13-15/h1-11,13,19H,12,14H2,(H,24,25). The molecule has 2 aromatic carbocycles. The van der Waals surface area contributed by atoms with Gasteiger partial charge in [0.1, 0.15) is 12.4 Å². The van der Waals surface area contributed by atoms with Gasteiger partial charge in [-0.05, 0) is 42.0 Å². The second-order valence-corrected chi connectivity index (χ2v) is 8.38. The topological polar surface area (TPSA) is 96.8 Å². The van der Waals surface area contributed by atoms with E-state index in [4.69, 9.17) is 4.74 Å². The average molecular weight is 410 g/mol. The first-order valence-electron chi connectivity index (χ1n) is 8.94. The minimum absolute atomic E-state index is 0.142. The van der Waals surface area contributed by atoms with E-state index in [1.165, 1.54) is 10.4 Å². The average Bonchev–Trinajstić information content (AvgIpc) is 2.94. The second-order valence-electron chi connectivity index (χ2n) is 6.60. The predicted molar refractivity (Wildman–Crippen MR) is 106 cm³/mol. The highest BCUT2D eigenvalue weighted by molar-refractivity contribution is 7.93. The summed E-state index contributed by atoms with van der Waals surface area (Å²) in [6.07, 6.45) is 3.06. The number of sulfonamides is 1. The summed E-state index contributed by atoms with van der Waals surface area (Å²) in [4.78, 5) is 15.6. The maximum atomic E-state index is 13.1. The van der Waals surface area contributed by atoms with E-state index in [0.29, 0.717) is 23.6 Å². The molecule has 148 valence electrons. The van der Waals surface area contributed by atoms with Gasteiger partial charge < -0.3 is 9.84 Å². The van der Waals surface area contributed by atoms with Crippen molar-refractivity contribution in [3.05, 3.63) is 84.2 Å². The number of fused-ring (bicyclic) bond motifs is 1. The molecule has 1 unspecified atom stereocenters. The summed E-state index contributed by atoms with van der Waals surface area (Å²) in [7, 11) is -3.84. The zero-order valence-corrected chi connectivity index (χ0v) is 16.1. The van der Waals surface area contributed by atoms with Crippen molar-refractivity contribution in [3.63, 3.8) is 0 Å². The summed E-state index contributed by atoms with van der Waals surface area (Å²) in [5, 5.41) is 9.31. The summed E-state index contributed by atoms with van der Waals surface area (Å²) >= 11 is 0. The number of hydrogen-bond acceptors (Lipinski definition) is 5. The Hall–Kier alpha value is -3.39. The number of nitrogens with zero attached hydrogens (tertiary/aromatic N) is 2. The van der Waals surface area contributed by atoms with Gasteiger partial charge in [-0.3, -0.25) is 14.1 Å². The largest absolute Gasteiger partial charge is 0.489 e. The van der Waals surface area contributed by atoms with Gasteiger partial charge in [0.15, 0.2) is 0 Å². The SMILES string of the molecule is O=C(O)CC1c2ccccc2S(=O)(=O)N1c1ccc(OCc2cccnc2)cc1. The Bertz CT molecular complexity index is 1130. The van der Waals surface area contributed by atoms with Crippen LogP contribution in [0.15, 0.2) is 78.0 Å². The number of carboxylic acids is 1. The number of pyridine rings is 1. The van der Waals surface area contributed by atoms with Crippen molar-refractivity contribution in [2.75, 3.05) is 4.31 Å². The lowest BCUT2D eigenvalue weighted by Crippen LogP contribution is -2.29. The lowest BCUT2D eigenvalue weighted by atomic mass is 10.0. The van der Waals surface area contributed by atoms with Crippen LogP contribution in [-0.2, 0) is 21.4 Å². The molecule has 0 radical (unpaired) electrons. The number of aromatic nitrogens is 1. The summed E-state index contributed by atoms with van der Waals surface area (Å²) in [5.41, 5.74) is 1.80. The third-order valence-corrected chi connectivity index (χ3v) is 6.60. The molecule has 0 saturated carbocycles. The Balaban J connectivity index is 1.61. The lowest BCUT2D eigenvalue weighted by Gasteiger charge is -2.24. The van der Waals surface area contributed by atoms with E-state index in [1.807, 2.05) is 12.1 Å². The van der Waals surface area contributed by atoms with Gasteiger partial charge in [0.25, 0.3) is 10.0 Å². The van der Waals surface area contributed by atoms with E-state index in [0.717, 1.165) is 5.56 Å². The van der Waals surface area contributed by atoms with Crippen LogP contribution in [0.3, 0.4) is 0 Å². The molecule has 1 N–H and O–H groups in total. The fourth-order valence-corrected chi connectivity index (χ4v) is 5.29. The van der Waals surface area contributed by atoms with Crippen molar-refractivity contribution >= 4 is 21.7 Å². The Kier molecular flexibility index (Phi) is 4.94. The molecule has 0 fully saturated rings. The first-order valence-corrected chi connectivity index (χ1v) is 10.4. The van der Waals surface area contributed by atoms with Gasteiger partial charge in [-0.1, -0.05) is 24.3 Å². The van der Waals surface area contributed by atoms with Crippen molar-refractivity contribution < 1.29 is 23.1 Å². The zero-order valence-electron chi connectivity index (χ0n) is 15.3. The number of hydrogen-bond donors (Lipinski definition) is 1. The highest BCUT2D eigenvalue weighted by atomic mass is 32.2. The molecule has 0 amide bonds. The van der Waals surface area contributed by atoms with E-state index in [2.05, 4.69) is 4.98 Å². The lowest BCUT2D eigenvalue weighted by molar-refractivity contribution is -0.137. The van der Waals surface area contributed by atoms with Crippen molar-refractivity contribution in [1.82, 2.24) is 4.98 Å². The highest BCUT2D eigenvalue weighted by Gasteiger charge is 2.43. The Morgan fingerprint density at radius 2 is 1.83 bits per heavy atom. The van der Waals surface area contributed by atoms with E-state index in [1.54, 1.807) is 54.9 Å². The second kappa shape index (κ2) is 7.56. The number of ether oxygens (including phenoxy) is 1. The summed E-state index contributed by atoms with van der Waals surface area (Å²) < 4.78 is 33.0. The van der Waals surface area contributed by atoms with Crippen LogP contribution in [0.5, 0.6) is 5.75 Å². The van der Waals surface area contributed by atoms with Gasteiger partial charge in [0, 0.05) is 18.0 Å². The van der Waals surface area contributed by atoms with E-state index >= 15 is 0 Å². The molecule has 3 aromatic rings. The Morgan fingerprint density at radius 1 is 1.07 bits per heavy atom. The molecule has 1 aliphatic heterocycles. The fourth-order valence-electron chi connectivity index (χ4n) is 3.41. The van der Waals surface area contributed by atoms with Gasteiger partial charge in [-0.2, -0.15) is 0 Å². The molecule has 0 spiro atoms. The first-order chi connectivity index (χ1) is 14.0. The van der Waals surface area contributed by atoms with Crippen LogP contribution < -0.4 is 9.04 Å². The molecule has 29 heavy (non-hydrogen) atoms. The molecule has 1 aliphatic rings. The number of benzene rings is 2. The normalized spacial score (nSPS) is 17.0. The molecule has 7 nitrogen and oxygen atoms in total. The third kappa shape index (κ3) is 3.66. The van der Waals surface area contributed by atoms with Crippen LogP contribution >= 0.6 is 0 Å². The molecular weight excluding hydrogens is 392 g/mol. The van der Waals surface area contributed by atoms with Gasteiger partial charge in [-0.15, -0.1) is 0 Å². The summed E-state index contributed by atoms with van der Waals surface area (Å²) in [5.74, 6) is -0.496. The molecule has 0 aliphatic carbocycles. The van der Waals surface area contributed by atoms with Crippen LogP contribution in [0.25, 0.3) is 0 Å². The first kappa shape index (κ1) is 18.9. The van der Waals surface area contributed by atoms with Crippen LogP contribution in [0.2, 0.25) is 0 Å². The fraction of sp³-hybridized carbons (Fsp3) is 0.143. The van der Waals surface area contributed by atoms with Crippen molar-refractivity contribution in [2.45, 2.75) is 24.0 Å². The molecule has 1 atom stereocenters. The molecule has 2 heterocycles. The maximum Gasteiger partial charge on any atom is 0.305 e. The van der Waals surface area contributed by atoms with Crippen molar-refractivity contribution in [2.24, 2.45) is 0 Å². The molecular formula is C21H18N2O5S. The number of anilines is 1. The summed E-state index contributed by atoms with van der Waals surface area (Å²) in [6.45, 7) is 0.336. The Labute approximate surface area is 168 Å². The molecule has 1 aromatic heterocycles. The van der Waals surface area contributed by atoms with E-state index in [-0.39, 0.29) is 11.3 Å². The predicted octanol–water partition coefficient (Wildman–Crippen LogP) is 3.39. The Morgan fingerprint density at radius 3 is 2.52 bits per heavy atom. The van der Waals surface area contributed by atoms with Gasteiger partial charge in [0.2, 0.25) is 0 Å². The molecule has 8 heteroatoms. The molecule has 0 saturated heterocycles. The van der Waals surface area contributed by atoms with Gasteiger partial charge >= 0.3 is 5.97 Å². The maximum absolute atomic E-state index is 13.1. The van der Waals surface area contributed by atoms with Crippen molar-refractivity contribution in [1.29, 1.82) is 0 Å². The number of rotatable bonds is 6. The van der Waals surface area contributed by atoms with E-state index < -0.39 is 22.0 Å².